The van der Waals surface area contributed by atoms with Crippen molar-refractivity contribution in [2.75, 3.05) is 20.3 Å². The molecule has 0 aliphatic carbocycles. The average molecular weight is 284 g/mol. The average Bonchev–Trinajstić information content (AvgIpc) is 2.31. The number of unbranched alkanes of at least 4 members (excludes halogenated alkanes) is 1. The minimum atomic E-state index is -0.786. The Morgan fingerprint density at radius 1 is 1.25 bits per heavy atom. The first-order valence-electron chi connectivity index (χ1n) is 7.23. The fourth-order valence-corrected chi connectivity index (χ4v) is 2.42. The van der Waals surface area contributed by atoms with E-state index in [4.69, 9.17) is 4.74 Å². The van der Waals surface area contributed by atoms with Gasteiger partial charge in [-0.25, -0.2) is 0 Å². The third-order valence-electron chi connectivity index (χ3n) is 3.87. The molecule has 1 unspecified atom stereocenters. The molecule has 0 aromatic carbocycles. The molecule has 116 valence electrons. The first kappa shape index (κ1) is 17.0. The van der Waals surface area contributed by atoms with Gasteiger partial charge in [0.2, 0.25) is 11.8 Å². The molecule has 1 fully saturated rings. The van der Waals surface area contributed by atoms with E-state index in [-0.39, 0.29) is 17.2 Å². The molecule has 0 saturated carbocycles. The minimum absolute atomic E-state index is 0.0134. The zero-order valence-corrected chi connectivity index (χ0v) is 13.6. The van der Waals surface area contributed by atoms with E-state index >= 15 is 0 Å². The molecule has 1 aliphatic heterocycles. The molecule has 0 bridgehead atoms. The number of ether oxygens (including phenoxy) is 1. The highest BCUT2D eigenvalue weighted by molar-refractivity contribution is 5.99. The van der Waals surface area contributed by atoms with Crippen molar-refractivity contribution in [3.8, 4) is 0 Å². The van der Waals surface area contributed by atoms with Gasteiger partial charge in [0.25, 0.3) is 0 Å². The van der Waals surface area contributed by atoms with Gasteiger partial charge >= 0.3 is 0 Å². The maximum Gasteiger partial charge on any atom is 0.246 e. The van der Waals surface area contributed by atoms with E-state index in [1.165, 1.54) is 0 Å². The van der Waals surface area contributed by atoms with Gasteiger partial charge in [-0.2, -0.15) is 0 Å². The first-order chi connectivity index (χ1) is 9.12. The molecule has 0 aromatic heterocycles. The molecule has 20 heavy (non-hydrogen) atoms. The maximum atomic E-state index is 12.7. The molecular weight excluding hydrogens is 256 g/mol. The van der Waals surface area contributed by atoms with Gasteiger partial charge in [-0.15, -0.1) is 0 Å². The minimum Gasteiger partial charge on any atom is -0.385 e. The van der Waals surface area contributed by atoms with E-state index < -0.39 is 11.6 Å². The Bertz CT molecular complexity index is 372. The first-order valence-corrected chi connectivity index (χ1v) is 7.23. The number of nitrogens with zero attached hydrogens (tertiary/aromatic N) is 1. The molecule has 1 saturated heterocycles. The number of hydrogen-bond acceptors (Lipinski definition) is 3. The molecule has 5 heteroatoms. The Morgan fingerprint density at radius 3 is 2.35 bits per heavy atom. The normalized spacial score (nSPS) is 22.9. The van der Waals surface area contributed by atoms with Gasteiger partial charge in [0.1, 0.15) is 11.6 Å². The summed E-state index contributed by atoms with van der Waals surface area (Å²) in [6.45, 7) is 10.8. The van der Waals surface area contributed by atoms with Gasteiger partial charge in [0.15, 0.2) is 0 Å². The van der Waals surface area contributed by atoms with Gasteiger partial charge in [0.05, 0.1) is 0 Å². The van der Waals surface area contributed by atoms with Crippen molar-refractivity contribution in [1.29, 1.82) is 0 Å². The van der Waals surface area contributed by atoms with Crippen LogP contribution in [0.2, 0.25) is 0 Å². The summed E-state index contributed by atoms with van der Waals surface area (Å²) in [7, 11) is 1.67. The van der Waals surface area contributed by atoms with Crippen LogP contribution in [0.5, 0.6) is 0 Å². The molecule has 5 nitrogen and oxygen atoms in total. The second-order valence-electron chi connectivity index (χ2n) is 7.02. The number of rotatable bonds is 5. The van der Waals surface area contributed by atoms with Gasteiger partial charge in [0, 0.05) is 20.3 Å². The second kappa shape index (κ2) is 6.12. The number of nitrogens with one attached hydrogen (secondary N) is 1. The third-order valence-corrected chi connectivity index (χ3v) is 3.87. The lowest BCUT2D eigenvalue weighted by Crippen LogP contribution is -2.70. The SMILES string of the molecule is COCCCCN1C(=O)C(C(C)(C)C)NC(=O)C1(C)C. The second-order valence-corrected chi connectivity index (χ2v) is 7.02. The fraction of sp³-hybridized carbons (Fsp3) is 0.867. The third kappa shape index (κ3) is 3.51. The van der Waals surface area contributed by atoms with Crippen LogP contribution in [-0.4, -0.2) is 48.6 Å². The molecule has 0 aromatic rings. The summed E-state index contributed by atoms with van der Waals surface area (Å²) in [6.07, 6.45) is 1.73. The highest BCUT2D eigenvalue weighted by atomic mass is 16.5. The lowest BCUT2D eigenvalue weighted by atomic mass is 9.82. The summed E-state index contributed by atoms with van der Waals surface area (Å²) in [5.41, 5.74) is -1.07. The molecule has 1 aliphatic rings. The molecule has 1 rings (SSSR count). The van der Waals surface area contributed by atoms with E-state index in [9.17, 15) is 9.59 Å². The van der Waals surface area contributed by atoms with E-state index in [0.29, 0.717) is 13.2 Å². The van der Waals surface area contributed by atoms with Crippen LogP contribution in [-0.2, 0) is 14.3 Å². The molecule has 0 spiro atoms. The largest absolute Gasteiger partial charge is 0.385 e. The predicted octanol–water partition coefficient (Wildman–Crippen LogP) is 1.56. The van der Waals surface area contributed by atoms with Gasteiger partial charge in [-0.05, 0) is 32.1 Å². The van der Waals surface area contributed by atoms with Crippen molar-refractivity contribution < 1.29 is 14.3 Å². The number of hydrogen-bond donors (Lipinski definition) is 1. The summed E-state index contributed by atoms with van der Waals surface area (Å²) < 4.78 is 5.02. The number of carbonyl (C=O) groups is 2. The summed E-state index contributed by atoms with van der Waals surface area (Å²) in [6, 6.07) is -0.453. The van der Waals surface area contributed by atoms with Crippen LogP contribution in [0.4, 0.5) is 0 Å². The van der Waals surface area contributed by atoms with Crippen LogP contribution in [0.1, 0.15) is 47.5 Å². The van der Waals surface area contributed by atoms with Crippen molar-refractivity contribution in [1.82, 2.24) is 10.2 Å². The highest BCUT2D eigenvalue weighted by Gasteiger charge is 2.49. The van der Waals surface area contributed by atoms with Crippen molar-refractivity contribution in [3.05, 3.63) is 0 Å². The van der Waals surface area contributed by atoms with E-state index in [2.05, 4.69) is 5.32 Å². The fourth-order valence-electron chi connectivity index (χ4n) is 2.42. The summed E-state index contributed by atoms with van der Waals surface area (Å²) in [5, 5.41) is 2.87. The van der Waals surface area contributed by atoms with Crippen LogP contribution >= 0.6 is 0 Å². The Balaban J connectivity index is 2.85. The van der Waals surface area contributed by atoms with Gasteiger partial charge in [-0.3, -0.25) is 9.59 Å². The van der Waals surface area contributed by atoms with Gasteiger partial charge < -0.3 is 15.0 Å². The molecule has 1 heterocycles. The molecule has 0 radical (unpaired) electrons. The summed E-state index contributed by atoms with van der Waals surface area (Å²) in [4.78, 5) is 26.7. The van der Waals surface area contributed by atoms with Crippen molar-refractivity contribution >= 4 is 11.8 Å². The Morgan fingerprint density at radius 2 is 1.85 bits per heavy atom. The monoisotopic (exact) mass is 284 g/mol. The lowest BCUT2D eigenvalue weighted by Gasteiger charge is -2.47. The highest BCUT2D eigenvalue weighted by Crippen LogP contribution is 2.29. The Kier molecular flexibility index (Phi) is 5.19. The van der Waals surface area contributed by atoms with Crippen molar-refractivity contribution in [3.63, 3.8) is 0 Å². The smallest absolute Gasteiger partial charge is 0.246 e. The van der Waals surface area contributed by atoms with Crippen LogP contribution in [0, 0.1) is 5.41 Å². The van der Waals surface area contributed by atoms with Crippen LogP contribution < -0.4 is 5.32 Å². The zero-order valence-electron chi connectivity index (χ0n) is 13.6. The zero-order chi connectivity index (χ0) is 15.6. The lowest BCUT2D eigenvalue weighted by molar-refractivity contribution is -0.158. The Hall–Kier alpha value is -1.10. The molecule has 1 atom stereocenters. The molecule has 1 N–H and O–H groups in total. The van der Waals surface area contributed by atoms with E-state index in [1.807, 2.05) is 20.8 Å². The Labute approximate surface area is 122 Å². The van der Waals surface area contributed by atoms with Crippen molar-refractivity contribution in [2.24, 2.45) is 5.41 Å². The van der Waals surface area contributed by atoms with Crippen LogP contribution in [0.3, 0.4) is 0 Å². The van der Waals surface area contributed by atoms with E-state index in [0.717, 1.165) is 12.8 Å². The van der Waals surface area contributed by atoms with E-state index in [1.54, 1.807) is 25.9 Å². The summed E-state index contributed by atoms with van der Waals surface area (Å²) in [5.74, 6) is -0.0664. The summed E-state index contributed by atoms with van der Waals surface area (Å²) >= 11 is 0. The topological polar surface area (TPSA) is 58.6 Å². The quantitative estimate of drug-likeness (QED) is 0.780. The van der Waals surface area contributed by atoms with Crippen LogP contribution in [0.25, 0.3) is 0 Å². The number of amides is 2. The number of piperazine rings is 1. The molecular formula is C15H28N2O3. The number of carbonyl (C=O) groups excluding carboxylic acids is 2. The van der Waals surface area contributed by atoms with Crippen molar-refractivity contribution in [2.45, 2.75) is 59.0 Å². The van der Waals surface area contributed by atoms with Gasteiger partial charge in [-0.1, -0.05) is 20.8 Å². The maximum absolute atomic E-state index is 12.7. The molecule has 2 amide bonds. The predicted molar refractivity (Wildman–Crippen MR) is 78.3 cm³/mol. The standard InChI is InChI=1S/C15H28N2O3/c1-14(2,3)11-12(18)17(9-7-8-10-20-6)15(4,5)13(19)16-11/h11H,7-10H2,1-6H3,(H,16,19). The number of methoxy groups -OCH3 is 1. The van der Waals surface area contributed by atoms with Crippen LogP contribution in [0.15, 0.2) is 0 Å².